The van der Waals surface area contributed by atoms with Crippen molar-refractivity contribution in [3.05, 3.63) is 60.2 Å². The van der Waals surface area contributed by atoms with Gasteiger partial charge in [0.2, 0.25) is 0 Å². The van der Waals surface area contributed by atoms with E-state index in [1.807, 2.05) is 18.2 Å². The summed E-state index contributed by atoms with van der Waals surface area (Å²) in [6.07, 6.45) is 0.756. The van der Waals surface area contributed by atoms with Crippen LogP contribution in [0.25, 0.3) is 0 Å². The topological polar surface area (TPSA) is 66.9 Å². The molecule has 28 heavy (non-hydrogen) atoms. The quantitative estimate of drug-likeness (QED) is 0.692. The van der Waals surface area contributed by atoms with Crippen LogP contribution >= 0.6 is 0 Å². The van der Waals surface area contributed by atoms with E-state index < -0.39 is 15.9 Å². The molecule has 2 aromatic rings. The molecule has 6 nitrogen and oxygen atoms in total. The number of anilines is 1. The van der Waals surface area contributed by atoms with E-state index in [1.54, 1.807) is 24.3 Å². The highest BCUT2D eigenvalue weighted by Gasteiger charge is 2.23. The number of nitrogens with zero attached hydrogens (tertiary/aromatic N) is 2. The summed E-state index contributed by atoms with van der Waals surface area (Å²) < 4.78 is 28.8. The van der Waals surface area contributed by atoms with Crippen LogP contribution in [0.4, 0.5) is 5.69 Å². The molecule has 1 aliphatic heterocycles. The van der Waals surface area contributed by atoms with Gasteiger partial charge in [0, 0.05) is 51.6 Å². The number of sulfone groups is 1. The van der Waals surface area contributed by atoms with Gasteiger partial charge in [-0.1, -0.05) is 30.3 Å². The lowest BCUT2D eigenvalue weighted by atomic mass is 10.1. The van der Waals surface area contributed by atoms with Crippen molar-refractivity contribution in [1.82, 2.24) is 4.90 Å². The first-order valence-corrected chi connectivity index (χ1v) is 11.2. The molecule has 7 heteroatoms. The fourth-order valence-electron chi connectivity index (χ4n) is 3.40. The predicted molar refractivity (Wildman–Crippen MR) is 109 cm³/mol. The van der Waals surface area contributed by atoms with Gasteiger partial charge in [0.05, 0.1) is 4.90 Å². The van der Waals surface area contributed by atoms with Crippen LogP contribution in [0.15, 0.2) is 59.5 Å². The fourth-order valence-corrected chi connectivity index (χ4v) is 4.03. The molecule has 0 N–H and O–H groups in total. The van der Waals surface area contributed by atoms with Crippen LogP contribution in [-0.2, 0) is 19.4 Å². The van der Waals surface area contributed by atoms with Gasteiger partial charge < -0.3 is 9.64 Å². The molecule has 0 aromatic heterocycles. The molecule has 1 aliphatic rings. The Morgan fingerprint density at radius 2 is 1.61 bits per heavy atom. The van der Waals surface area contributed by atoms with E-state index in [2.05, 4.69) is 21.9 Å². The largest absolute Gasteiger partial charge is 0.456 e. The Bertz CT molecular complexity index is 890. The molecule has 1 unspecified atom stereocenters. The van der Waals surface area contributed by atoms with Crippen molar-refractivity contribution in [1.29, 1.82) is 0 Å². The normalized spacial score (nSPS) is 16.6. The van der Waals surface area contributed by atoms with Gasteiger partial charge in [-0.05, 0) is 29.8 Å². The lowest BCUT2D eigenvalue weighted by molar-refractivity contribution is -0.147. The fraction of sp³-hybridized carbons (Fsp3) is 0.381. The van der Waals surface area contributed by atoms with Crippen LogP contribution in [-0.4, -0.2) is 58.3 Å². The molecule has 1 heterocycles. The Morgan fingerprint density at radius 3 is 2.14 bits per heavy atom. The van der Waals surface area contributed by atoms with Crippen LogP contribution in [0.1, 0.15) is 18.6 Å². The van der Waals surface area contributed by atoms with Crippen molar-refractivity contribution in [3.63, 3.8) is 0 Å². The van der Waals surface area contributed by atoms with E-state index in [-0.39, 0.29) is 10.9 Å². The lowest BCUT2D eigenvalue weighted by Gasteiger charge is -2.37. The molecule has 0 amide bonds. The van der Waals surface area contributed by atoms with Gasteiger partial charge in [0.1, 0.15) is 6.10 Å². The number of para-hydroxylation sites is 1. The van der Waals surface area contributed by atoms with Crippen molar-refractivity contribution < 1.29 is 17.9 Å². The number of carbonyl (C=O) groups excluding carboxylic acids is 1. The maximum atomic E-state index is 11.7. The highest BCUT2D eigenvalue weighted by molar-refractivity contribution is 7.90. The van der Waals surface area contributed by atoms with Gasteiger partial charge >= 0.3 is 5.97 Å². The number of carbonyl (C=O) groups is 1. The van der Waals surface area contributed by atoms with E-state index in [0.29, 0.717) is 6.54 Å². The third-order valence-corrected chi connectivity index (χ3v) is 6.03. The minimum Gasteiger partial charge on any atom is -0.456 e. The molecule has 1 fully saturated rings. The Hall–Kier alpha value is -2.38. The van der Waals surface area contributed by atoms with E-state index in [1.165, 1.54) is 18.9 Å². The first-order valence-electron chi connectivity index (χ1n) is 9.32. The molecule has 2 aromatic carbocycles. The summed E-state index contributed by atoms with van der Waals surface area (Å²) in [7, 11) is -3.25. The Balaban J connectivity index is 1.66. The summed E-state index contributed by atoms with van der Waals surface area (Å²) >= 11 is 0. The maximum absolute atomic E-state index is 11.7. The van der Waals surface area contributed by atoms with Crippen molar-refractivity contribution in [2.24, 2.45) is 0 Å². The predicted octanol–water partition coefficient (Wildman–Crippen LogP) is 2.52. The van der Waals surface area contributed by atoms with Crippen molar-refractivity contribution in [2.75, 3.05) is 43.9 Å². The van der Waals surface area contributed by atoms with Crippen LogP contribution in [0, 0.1) is 0 Å². The summed E-state index contributed by atoms with van der Waals surface area (Å²) in [6.45, 7) is 5.53. The molecule has 0 saturated carbocycles. The molecular weight excluding hydrogens is 376 g/mol. The van der Waals surface area contributed by atoms with Gasteiger partial charge in [-0.25, -0.2) is 8.42 Å². The van der Waals surface area contributed by atoms with Crippen molar-refractivity contribution in [3.8, 4) is 0 Å². The zero-order chi connectivity index (χ0) is 20.1. The summed E-state index contributed by atoms with van der Waals surface area (Å²) in [6, 6.07) is 16.9. The first-order chi connectivity index (χ1) is 13.3. The van der Waals surface area contributed by atoms with E-state index in [4.69, 9.17) is 4.74 Å². The zero-order valence-corrected chi connectivity index (χ0v) is 17.1. The molecule has 1 saturated heterocycles. The molecule has 0 radical (unpaired) electrons. The second-order valence-corrected chi connectivity index (χ2v) is 9.08. The van der Waals surface area contributed by atoms with Gasteiger partial charge in [0.15, 0.2) is 9.84 Å². The van der Waals surface area contributed by atoms with Crippen LogP contribution in [0.2, 0.25) is 0 Å². The van der Waals surface area contributed by atoms with Gasteiger partial charge in [0.25, 0.3) is 0 Å². The molecule has 3 rings (SSSR count). The highest BCUT2D eigenvalue weighted by Crippen LogP contribution is 2.23. The van der Waals surface area contributed by atoms with Crippen LogP contribution in [0.5, 0.6) is 0 Å². The summed E-state index contributed by atoms with van der Waals surface area (Å²) in [5, 5.41) is 0. The number of piperazine rings is 1. The third kappa shape index (κ3) is 5.33. The minimum atomic E-state index is -3.25. The number of rotatable bonds is 6. The average molecular weight is 403 g/mol. The summed E-state index contributed by atoms with van der Waals surface area (Å²) in [5.41, 5.74) is 2.02. The average Bonchev–Trinajstić information content (AvgIpc) is 2.68. The number of esters is 1. The maximum Gasteiger partial charge on any atom is 0.303 e. The smallest absolute Gasteiger partial charge is 0.303 e. The Morgan fingerprint density at radius 1 is 1.00 bits per heavy atom. The van der Waals surface area contributed by atoms with Gasteiger partial charge in [-0.3, -0.25) is 9.69 Å². The van der Waals surface area contributed by atoms with E-state index in [0.717, 1.165) is 31.7 Å². The van der Waals surface area contributed by atoms with Gasteiger partial charge in [-0.2, -0.15) is 0 Å². The molecule has 0 spiro atoms. The van der Waals surface area contributed by atoms with Crippen LogP contribution in [0.3, 0.4) is 0 Å². The van der Waals surface area contributed by atoms with Gasteiger partial charge in [-0.15, -0.1) is 0 Å². The monoisotopic (exact) mass is 402 g/mol. The second kappa shape index (κ2) is 8.75. The van der Waals surface area contributed by atoms with Crippen molar-refractivity contribution >= 4 is 21.5 Å². The highest BCUT2D eigenvalue weighted by atomic mass is 32.2. The standard InChI is InChI=1S/C21H26N2O4S/c1-17(24)27-21(18-8-10-20(11-9-18)28(2,25)26)16-22-12-14-23(15-13-22)19-6-4-3-5-7-19/h3-11,21H,12-16H2,1-2H3. The number of ether oxygens (including phenoxy) is 1. The minimum absolute atomic E-state index is 0.259. The van der Waals surface area contributed by atoms with E-state index in [9.17, 15) is 13.2 Å². The first kappa shape index (κ1) is 20.4. The van der Waals surface area contributed by atoms with E-state index >= 15 is 0 Å². The molecule has 1 atom stereocenters. The Kier molecular flexibility index (Phi) is 6.36. The number of benzene rings is 2. The molecule has 0 bridgehead atoms. The van der Waals surface area contributed by atoms with Crippen molar-refractivity contribution in [2.45, 2.75) is 17.9 Å². The lowest BCUT2D eigenvalue weighted by Crippen LogP contribution is -2.47. The van der Waals surface area contributed by atoms with Crippen LogP contribution < -0.4 is 4.90 Å². The number of hydrogen-bond donors (Lipinski definition) is 0. The third-order valence-electron chi connectivity index (χ3n) is 4.91. The molecule has 0 aliphatic carbocycles. The second-order valence-electron chi connectivity index (χ2n) is 7.06. The Labute approximate surface area is 166 Å². The molecular formula is C21H26N2O4S. The SMILES string of the molecule is CC(=O)OC(CN1CCN(c2ccccc2)CC1)c1ccc(S(C)(=O)=O)cc1. The summed E-state index contributed by atoms with van der Waals surface area (Å²) in [5.74, 6) is -0.347. The summed E-state index contributed by atoms with van der Waals surface area (Å²) in [4.78, 5) is 16.5. The number of hydrogen-bond acceptors (Lipinski definition) is 6. The zero-order valence-electron chi connectivity index (χ0n) is 16.2. The molecule has 150 valence electrons.